The van der Waals surface area contributed by atoms with Gasteiger partial charge in [0.25, 0.3) is 0 Å². The molecule has 3 rings (SSSR count). The number of hydrogen-bond donors (Lipinski definition) is 0. The second-order valence-electron chi connectivity index (χ2n) is 6.81. The zero-order valence-corrected chi connectivity index (χ0v) is 17.3. The van der Waals surface area contributed by atoms with E-state index in [2.05, 4.69) is 0 Å². The first-order valence-electron chi connectivity index (χ1n) is 9.54. The highest BCUT2D eigenvalue weighted by molar-refractivity contribution is 5.98. The first kappa shape index (κ1) is 21.0. The molecule has 3 aromatic rings. The van der Waals surface area contributed by atoms with Gasteiger partial charge in [-0.25, -0.2) is 9.48 Å². The largest absolute Gasteiger partial charge is 0.459 e. The molecule has 0 unspecified atom stereocenters. The number of hydrogen-bond acceptors (Lipinski definition) is 5. The fourth-order valence-corrected chi connectivity index (χ4v) is 2.91. The van der Waals surface area contributed by atoms with Gasteiger partial charge in [0.1, 0.15) is 23.9 Å². The fraction of sp³-hybridized carbons (Fsp3) is 0.208. The smallest absolute Gasteiger partial charge is 0.348 e. The summed E-state index contributed by atoms with van der Waals surface area (Å²) in [7, 11) is 1.52. The van der Waals surface area contributed by atoms with Crippen molar-refractivity contribution >= 4 is 12.0 Å². The van der Waals surface area contributed by atoms with Crippen molar-refractivity contribution in [3.63, 3.8) is 0 Å². The Morgan fingerprint density at radius 2 is 1.90 bits per heavy atom. The molecule has 1 aromatic heterocycles. The van der Waals surface area contributed by atoms with Crippen LogP contribution in [-0.4, -0.2) is 36.1 Å². The molecule has 6 nitrogen and oxygen atoms in total. The average molecular weight is 401 g/mol. The molecule has 152 valence electrons. The molecule has 30 heavy (non-hydrogen) atoms. The van der Waals surface area contributed by atoms with Crippen molar-refractivity contribution in [2.75, 3.05) is 20.3 Å². The number of aryl methyl sites for hydroxylation is 2. The van der Waals surface area contributed by atoms with Crippen molar-refractivity contribution in [1.82, 2.24) is 9.78 Å². The lowest BCUT2D eigenvalue weighted by Crippen LogP contribution is -2.11. The summed E-state index contributed by atoms with van der Waals surface area (Å²) in [6.45, 7) is 4.44. The van der Waals surface area contributed by atoms with Gasteiger partial charge in [-0.2, -0.15) is 10.4 Å². The zero-order valence-electron chi connectivity index (χ0n) is 17.3. The average Bonchev–Trinajstić information content (AvgIpc) is 3.18. The molecule has 6 heteroatoms. The highest BCUT2D eigenvalue weighted by atomic mass is 16.6. The topological polar surface area (TPSA) is 77.1 Å². The van der Waals surface area contributed by atoms with Gasteiger partial charge in [0, 0.05) is 24.4 Å². The molecule has 0 amide bonds. The van der Waals surface area contributed by atoms with Crippen molar-refractivity contribution in [3.8, 4) is 23.0 Å². The number of para-hydroxylation sites is 1. The minimum Gasteiger partial charge on any atom is -0.459 e. The number of ether oxygens (including phenoxy) is 2. The number of methoxy groups -OCH3 is 1. The summed E-state index contributed by atoms with van der Waals surface area (Å²) in [5, 5.41) is 14.2. The maximum absolute atomic E-state index is 12.3. The molecular weight excluding hydrogens is 378 g/mol. The molecule has 0 bridgehead atoms. The number of esters is 1. The Hall–Kier alpha value is -3.69. The van der Waals surface area contributed by atoms with Crippen LogP contribution in [0, 0.1) is 25.2 Å². The summed E-state index contributed by atoms with van der Waals surface area (Å²) < 4.78 is 11.7. The van der Waals surface area contributed by atoms with Gasteiger partial charge in [-0.3, -0.25) is 0 Å². The lowest BCUT2D eigenvalue weighted by atomic mass is 10.0. The van der Waals surface area contributed by atoms with Crippen molar-refractivity contribution in [2.24, 2.45) is 0 Å². The van der Waals surface area contributed by atoms with Gasteiger partial charge in [-0.05, 0) is 49.2 Å². The van der Waals surface area contributed by atoms with Crippen LogP contribution < -0.4 is 0 Å². The summed E-state index contributed by atoms with van der Waals surface area (Å²) in [5.74, 6) is -0.687. The molecule has 0 fully saturated rings. The van der Waals surface area contributed by atoms with E-state index in [9.17, 15) is 10.1 Å². The normalized spacial score (nSPS) is 11.2. The predicted molar refractivity (Wildman–Crippen MR) is 115 cm³/mol. The third-order valence-electron chi connectivity index (χ3n) is 4.70. The number of rotatable bonds is 7. The Morgan fingerprint density at radius 1 is 1.13 bits per heavy atom. The summed E-state index contributed by atoms with van der Waals surface area (Å²) >= 11 is 0. The molecule has 0 aliphatic carbocycles. The minimum absolute atomic E-state index is 0.0850. The van der Waals surface area contributed by atoms with Gasteiger partial charge < -0.3 is 9.47 Å². The summed E-state index contributed by atoms with van der Waals surface area (Å²) in [6.07, 6.45) is 3.33. The minimum atomic E-state index is -0.687. The van der Waals surface area contributed by atoms with E-state index < -0.39 is 5.97 Å². The SMILES string of the molecule is COCCOC(=O)/C(C#N)=C/c1cn(-c2ccccc2)nc1-c1ccc(C)c(C)c1. The van der Waals surface area contributed by atoms with Gasteiger partial charge in [-0.1, -0.05) is 30.3 Å². The van der Waals surface area contributed by atoms with Crippen LogP contribution in [0.25, 0.3) is 23.0 Å². The van der Waals surface area contributed by atoms with E-state index in [0.29, 0.717) is 11.3 Å². The van der Waals surface area contributed by atoms with E-state index in [-0.39, 0.29) is 18.8 Å². The lowest BCUT2D eigenvalue weighted by molar-refractivity contribution is -0.139. The number of carbonyl (C=O) groups is 1. The number of nitrogens with zero attached hydrogens (tertiary/aromatic N) is 3. The molecule has 2 aromatic carbocycles. The van der Waals surface area contributed by atoms with Gasteiger partial charge in [0.05, 0.1) is 12.3 Å². The molecule has 0 atom stereocenters. The number of aromatic nitrogens is 2. The third-order valence-corrected chi connectivity index (χ3v) is 4.70. The number of carbonyl (C=O) groups excluding carboxylic acids is 1. The Kier molecular flexibility index (Phi) is 6.79. The van der Waals surface area contributed by atoms with Crippen LogP contribution in [-0.2, 0) is 14.3 Å². The molecule has 0 saturated carbocycles. The van der Waals surface area contributed by atoms with Crippen LogP contribution in [0.2, 0.25) is 0 Å². The molecule has 0 spiro atoms. The molecular formula is C24H23N3O3. The van der Waals surface area contributed by atoms with Gasteiger partial charge in [0.2, 0.25) is 0 Å². The van der Waals surface area contributed by atoms with Crippen molar-refractivity contribution < 1.29 is 14.3 Å². The first-order chi connectivity index (χ1) is 14.5. The van der Waals surface area contributed by atoms with Crippen LogP contribution >= 0.6 is 0 Å². The Labute approximate surface area is 176 Å². The maximum Gasteiger partial charge on any atom is 0.348 e. The predicted octanol–water partition coefficient (Wildman–Crippen LogP) is 4.25. The van der Waals surface area contributed by atoms with E-state index >= 15 is 0 Å². The molecule has 0 radical (unpaired) electrons. The summed E-state index contributed by atoms with van der Waals surface area (Å²) in [5.41, 5.74) is 5.34. The Bertz CT molecular complexity index is 1110. The molecule has 1 heterocycles. The standard InChI is InChI=1S/C24H23N3O3/c1-17-9-10-19(13-18(17)2)23-21(14-20(15-25)24(28)30-12-11-29-3)16-27(26-23)22-7-5-4-6-8-22/h4-10,13-14,16H,11-12H2,1-3H3/b20-14+. The van der Waals surface area contributed by atoms with Crippen molar-refractivity contribution in [1.29, 1.82) is 5.26 Å². The molecule has 0 aliphatic heterocycles. The second kappa shape index (κ2) is 9.68. The van der Waals surface area contributed by atoms with E-state index in [0.717, 1.165) is 16.8 Å². The van der Waals surface area contributed by atoms with Crippen LogP contribution in [0.1, 0.15) is 16.7 Å². The van der Waals surface area contributed by atoms with Crippen LogP contribution in [0.4, 0.5) is 0 Å². The molecule has 0 aliphatic rings. The zero-order chi connectivity index (χ0) is 21.5. The maximum atomic E-state index is 12.3. The Balaban J connectivity index is 2.07. The number of benzene rings is 2. The van der Waals surface area contributed by atoms with E-state index in [1.54, 1.807) is 10.9 Å². The van der Waals surface area contributed by atoms with E-state index in [1.807, 2.05) is 68.4 Å². The fourth-order valence-electron chi connectivity index (χ4n) is 2.91. The van der Waals surface area contributed by atoms with E-state index in [1.165, 1.54) is 18.7 Å². The van der Waals surface area contributed by atoms with Crippen LogP contribution in [0.5, 0.6) is 0 Å². The second-order valence-corrected chi connectivity index (χ2v) is 6.81. The lowest BCUT2D eigenvalue weighted by Gasteiger charge is -2.05. The van der Waals surface area contributed by atoms with Gasteiger partial charge in [0.15, 0.2) is 0 Å². The third kappa shape index (κ3) is 4.83. The quantitative estimate of drug-likeness (QED) is 0.256. The van der Waals surface area contributed by atoms with Gasteiger partial charge in [-0.15, -0.1) is 0 Å². The van der Waals surface area contributed by atoms with E-state index in [4.69, 9.17) is 14.6 Å². The Morgan fingerprint density at radius 3 is 2.57 bits per heavy atom. The van der Waals surface area contributed by atoms with Gasteiger partial charge >= 0.3 is 5.97 Å². The van der Waals surface area contributed by atoms with Crippen LogP contribution in [0.3, 0.4) is 0 Å². The van der Waals surface area contributed by atoms with Crippen LogP contribution in [0.15, 0.2) is 60.3 Å². The first-order valence-corrected chi connectivity index (χ1v) is 9.54. The molecule has 0 N–H and O–H groups in total. The highest BCUT2D eigenvalue weighted by Crippen LogP contribution is 2.27. The number of nitriles is 1. The highest BCUT2D eigenvalue weighted by Gasteiger charge is 2.16. The summed E-state index contributed by atoms with van der Waals surface area (Å²) in [4.78, 5) is 12.3. The molecule has 0 saturated heterocycles. The summed E-state index contributed by atoms with van der Waals surface area (Å²) in [6, 6.07) is 17.7. The van der Waals surface area contributed by atoms with Crippen molar-refractivity contribution in [2.45, 2.75) is 13.8 Å². The monoisotopic (exact) mass is 401 g/mol. The van der Waals surface area contributed by atoms with Crippen molar-refractivity contribution in [3.05, 3.63) is 77.0 Å².